The molecule has 1 aliphatic rings. The van der Waals surface area contributed by atoms with Gasteiger partial charge >= 0.3 is 5.97 Å². The van der Waals surface area contributed by atoms with Gasteiger partial charge in [-0.3, -0.25) is 9.69 Å². The average molecular weight is 299 g/mol. The molecule has 0 bridgehead atoms. The van der Waals surface area contributed by atoms with Gasteiger partial charge in [-0.2, -0.15) is 0 Å². The first-order chi connectivity index (χ1) is 10.8. The summed E-state index contributed by atoms with van der Waals surface area (Å²) in [4.78, 5) is 20.5. The van der Waals surface area contributed by atoms with Gasteiger partial charge in [0.15, 0.2) is 0 Å². The summed E-state index contributed by atoms with van der Waals surface area (Å²) in [5, 5.41) is 1.17. The molecule has 0 radical (unpaired) electrons. The lowest BCUT2D eigenvalue weighted by molar-refractivity contribution is -0.141. The summed E-state index contributed by atoms with van der Waals surface area (Å²) in [7, 11) is 1.44. The van der Waals surface area contributed by atoms with Gasteiger partial charge in [0.2, 0.25) is 0 Å². The molecule has 2 heterocycles. The third kappa shape index (κ3) is 3.36. The van der Waals surface area contributed by atoms with Crippen molar-refractivity contribution in [3.63, 3.8) is 0 Å². The number of ether oxygens (including phenoxy) is 1. The van der Waals surface area contributed by atoms with Gasteiger partial charge in [0.05, 0.1) is 19.0 Å². The molecule has 5 nitrogen and oxygen atoms in total. The van der Waals surface area contributed by atoms with Crippen LogP contribution in [0, 0.1) is 0 Å². The molecule has 1 fully saturated rings. The molecule has 0 amide bonds. The van der Waals surface area contributed by atoms with E-state index in [0.29, 0.717) is 6.42 Å². The Kier molecular flexibility index (Phi) is 4.53. The second-order valence-electron chi connectivity index (χ2n) is 5.52. The van der Waals surface area contributed by atoms with Gasteiger partial charge in [-0.05, 0) is 18.2 Å². The van der Waals surface area contributed by atoms with E-state index in [4.69, 9.17) is 4.98 Å². The molecule has 0 spiro atoms. The predicted molar refractivity (Wildman–Crippen MR) is 87.0 cm³/mol. The van der Waals surface area contributed by atoms with Crippen LogP contribution in [0.4, 0.5) is 5.82 Å². The number of carbonyl (C=O) groups is 1. The summed E-state index contributed by atoms with van der Waals surface area (Å²) in [5.74, 6) is 0.893. The van der Waals surface area contributed by atoms with E-state index in [9.17, 15) is 4.79 Å². The molecule has 116 valence electrons. The van der Waals surface area contributed by atoms with Crippen molar-refractivity contribution in [1.82, 2.24) is 9.88 Å². The van der Waals surface area contributed by atoms with Gasteiger partial charge in [-0.25, -0.2) is 4.98 Å². The zero-order chi connectivity index (χ0) is 15.4. The lowest BCUT2D eigenvalue weighted by Crippen LogP contribution is -2.47. The van der Waals surface area contributed by atoms with Gasteiger partial charge in [0.1, 0.15) is 5.82 Å². The molecule has 22 heavy (non-hydrogen) atoms. The highest BCUT2D eigenvalue weighted by Gasteiger charge is 2.18. The number of esters is 1. The number of rotatable bonds is 4. The summed E-state index contributed by atoms with van der Waals surface area (Å²) in [6.07, 6.45) is 0.463. The van der Waals surface area contributed by atoms with Crippen molar-refractivity contribution in [1.29, 1.82) is 0 Å². The minimum Gasteiger partial charge on any atom is -0.469 e. The van der Waals surface area contributed by atoms with Gasteiger partial charge in [0, 0.05) is 38.1 Å². The number of piperazine rings is 1. The molecule has 0 unspecified atom stereocenters. The summed E-state index contributed by atoms with van der Waals surface area (Å²) in [5.41, 5.74) is 1.04. The van der Waals surface area contributed by atoms with Crippen LogP contribution in [0.25, 0.3) is 10.9 Å². The van der Waals surface area contributed by atoms with Crippen LogP contribution >= 0.6 is 0 Å². The van der Waals surface area contributed by atoms with E-state index in [1.807, 2.05) is 18.2 Å². The van der Waals surface area contributed by atoms with E-state index < -0.39 is 0 Å². The molecular weight excluding hydrogens is 278 g/mol. The number of methoxy groups -OCH3 is 1. The summed E-state index contributed by atoms with van der Waals surface area (Å²) in [6.45, 7) is 4.54. The minimum absolute atomic E-state index is 0.140. The first kappa shape index (κ1) is 14.8. The molecule has 1 saturated heterocycles. The zero-order valence-electron chi connectivity index (χ0n) is 12.9. The summed E-state index contributed by atoms with van der Waals surface area (Å²) in [6, 6.07) is 12.4. The van der Waals surface area contributed by atoms with Crippen LogP contribution in [-0.4, -0.2) is 55.7 Å². The zero-order valence-corrected chi connectivity index (χ0v) is 12.9. The quantitative estimate of drug-likeness (QED) is 0.807. The van der Waals surface area contributed by atoms with Crippen molar-refractivity contribution in [2.75, 3.05) is 44.7 Å². The Morgan fingerprint density at radius 1 is 1.14 bits per heavy atom. The van der Waals surface area contributed by atoms with Gasteiger partial charge < -0.3 is 9.64 Å². The fraction of sp³-hybridized carbons (Fsp3) is 0.412. The van der Waals surface area contributed by atoms with E-state index in [0.717, 1.165) is 44.1 Å². The van der Waals surface area contributed by atoms with Crippen LogP contribution in [0.1, 0.15) is 6.42 Å². The Balaban J connectivity index is 1.59. The second-order valence-corrected chi connectivity index (χ2v) is 5.52. The molecular formula is C17H21N3O2. The molecule has 1 aromatic carbocycles. The van der Waals surface area contributed by atoms with E-state index >= 15 is 0 Å². The fourth-order valence-electron chi connectivity index (χ4n) is 2.78. The maximum absolute atomic E-state index is 11.2. The van der Waals surface area contributed by atoms with Crippen LogP contribution in [-0.2, 0) is 9.53 Å². The van der Waals surface area contributed by atoms with Crippen molar-refractivity contribution in [2.45, 2.75) is 6.42 Å². The van der Waals surface area contributed by atoms with Crippen LogP contribution in [0.15, 0.2) is 36.4 Å². The lowest BCUT2D eigenvalue weighted by Gasteiger charge is -2.35. The molecule has 3 rings (SSSR count). The van der Waals surface area contributed by atoms with Crippen molar-refractivity contribution < 1.29 is 9.53 Å². The van der Waals surface area contributed by atoms with Crippen LogP contribution < -0.4 is 4.90 Å². The van der Waals surface area contributed by atoms with Crippen LogP contribution in [0.3, 0.4) is 0 Å². The van der Waals surface area contributed by atoms with Gasteiger partial charge in [-0.1, -0.05) is 18.2 Å². The Bertz CT molecular complexity index is 651. The van der Waals surface area contributed by atoms with Crippen LogP contribution in [0.2, 0.25) is 0 Å². The maximum atomic E-state index is 11.2. The first-order valence-electron chi connectivity index (χ1n) is 7.66. The SMILES string of the molecule is COC(=O)CCN1CCN(c2ccc3ccccc3n2)CC1. The Morgan fingerprint density at radius 3 is 2.68 bits per heavy atom. The standard InChI is InChI=1S/C17H21N3O2/c1-22-17(21)8-9-19-10-12-20(13-11-19)16-7-6-14-4-2-3-5-15(14)18-16/h2-7H,8-13H2,1H3. The summed E-state index contributed by atoms with van der Waals surface area (Å²) >= 11 is 0. The molecule has 5 heteroatoms. The topological polar surface area (TPSA) is 45.7 Å². The number of hydrogen-bond donors (Lipinski definition) is 0. The van der Waals surface area contributed by atoms with E-state index in [1.165, 1.54) is 12.5 Å². The number of benzene rings is 1. The number of fused-ring (bicyclic) bond motifs is 1. The average Bonchev–Trinajstić information content (AvgIpc) is 2.59. The molecule has 1 aliphatic heterocycles. The van der Waals surface area contributed by atoms with E-state index in [2.05, 4.69) is 32.7 Å². The third-order valence-electron chi connectivity index (χ3n) is 4.14. The lowest BCUT2D eigenvalue weighted by atomic mass is 10.2. The highest BCUT2D eigenvalue weighted by atomic mass is 16.5. The maximum Gasteiger partial charge on any atom is 0.306 e. The summed E-state index contributed by atoms with van der Waals surface area (Å²) < 4.78 is 4.69. The van der Waals surface area contributed by atoms with Crippen molar-refractivity contribution >= 4 is 22.7 Å². The normalized spacial score (nSPS) is 16.0. The van der Waals surface area contributed by atoms with E-state index in [-0.39, 0.29) is 5.97 Å². The number of pyridine rings is 1. The number of nitrogens with zero attached hydrogens (tertiary/aromatic N) is 3. The second kappa shape index (κ2) is 6.75. The monoisotopic (exact) mass is 299 g/mol. The first-order valence-corrected chi connectivity index (χ1v) is 7.66. The highest BCUT2D eigenvalue weighted by molar-refractivity contribution is 5.80. The molecule has 0 atom stereocenters. The Labute approximate surface area is 130 Å². The third-order valence-corrected chi connectivity index (χ3v) is 4.14. The number of hydrogen-bond acceptors (Lipinski definition) is 5. The minimum atomic E-state index is -0.140. The van der Waals surface area contributed by atoms with Gasteiger partial charge in [-0.15, -0.1) is 0 Å². The smallest absolute Gasteiger partial charge is 0.306 e. The van der Waals surface area contributed by atoms with Crippen molar-refractivity contribution in [2.24, 2.45) is 0 Å². The molecule has 0 N–H and O–H groups in total. The van der Waals surface area contributed by atoms with Gasteiger partial charge in [0.25, 0.3) is 0 Å². The Hall–Kier alpha value is -2.14. The number of anilines is 1. The largest absolute Gasteiger partial charge is 0.469 e. The van der Waals surface area contributed by atoms with E-state index in [1.54, 1.807) is 0 Å². The Morgan fingerprint density at radius 2 is 1.91 bits per heavy atom. The van der Waals surface area contributed by atoms with Crippen molar-refractivity contribution in [3.05, 3.63) is 36.4 Å². The molecule has 0 aliphatic carbocycles. The molecule has 1 aromatic heterocycles. The van der Waals surface area contributed by atoms with Crippen molar-refractivity contribution in [3.8, 4) is 0 Å². The predicted octanol–water partition coefficient (Wildman–Crippen LogP) is 1.92. The fourth-order valence-corrected chi connectivity index (χ4v) is 2.78. The molecule has 2 aromatic rings. The highest BCUT2D eigenvalue weighted by Crippen LogP contribution is 2.19. The number of carbonyl (C=O) groups excluding carboxylic acids is 1. The number of aromatic nitrogens is 1. The molecule has 0 saturated carbocycles. The number of para-hydroxylation sites is 1. The van der Waals surface area contributed by atoms with Crippen LogP contribution in [0.5, 0.6) is 0 Å².